The van der Waals surface area contributed by atoms with Crippen molar-refractivity contribution in [3.63, 3.8) is 0 Å². The van der Waals surface area contributed by atoms with Gasteiger partial charge in [-0.3, -0.25) is 24.6 Å². The fourth-order valence-corrected chi connectivity index (χ4v) is 5.32. The number of amides is 1. The fourth-order valence-electron chi connectivity index (χ4n) is 4.17. The third-order valence-electron chi connectivity index (χ3n) is 5.82. The minimum absolute atomic E-state index is 0.206. The number of nitrogens with zero attached hydrogens (tertiary/aromatic N) is 3. The summed E-state index contributed by atoms with van der Waals surface area (Å²) in [4.78, 5) is 43.3. The van der Waals surface area contributed by atoms with Crippen LogP contribution in [-0.4, -0.2) is 33.3 Å². The van der Waals surface area contributed by atoms with E-state index in [1.807, 2.05) is 6.92 Å². The zero-order valence-corrected chi connectivity index (χ0v) is 20.8. The highest BCUT2D eigenvalue weighted by molar-refractivity contribution is 7.22. The number of aromatic nitrogens is 1. The number of ketones is 1. The van der Waals surface area contributed by atoms with Crippen LogP contribution in [0.15, 0.2) is 72.3 Å². The molecule has 0 spiro atoms. The van der Waals surface area contributed by atoms with Crippen LogP contribution in [0.5, 0.6) is 5.75 Å². The van der Waals surface area contributed by atoms with Crippen molar-refractivity contribution >= 4 is 61.4 Å². The molecule has 9 nitrogen and oxygen atoms in total. The van der Waals surface area contributed by atoms with Gasteiger partial charge in [0, 0.05) is 22.7 Å². The van der Waals surface area contributed by atoms with Crippen molar-refractivity contribution in [2.75, 3.05) is 11.5 Å². The monoisotopic (exact) mass is 535 g/mol. The molecule has 11 heteroatoms. The fraction of sp³-hybridized carbons (Fsp3) is 0.115. The normalized spacial score (nSPS) is 16.9. The summed E-state index contributed by atoms with van der Waals surface area (Å²) < 4.78 is 6.27. The van der Waals surface area contributed by atoms with E-state index >= 15 is 0 Å². The summed E-state index contributed by atoms with van der Waals surface area (Å²) in [6, 6.07) is 15.8. The third-order valence-corrected chi connectivity index (χ3v) is 7.09. The number of benzene rings is 3. The summed E-state index contributed by atoms with van der Waals surface area (Å²) in [6.07, 6.45) is 0. The Bertz CT molecular complexity index is 1600. The van der Waals surface area contributed by atoms with Gasteiger partial charge >= 0.3 is 5.91 Å². The Morgan fingerprint density at radius 3 is 2.62 bits per heavy atom. The second-order valence-electron chi connectivity index (χ2n) is 8.09. The van der Waals surface area contributed by atoms with Gasteiger partial charge < -0.3 is 9.84 Å². The maximum atomic E-state index is 13.4. The largest absolute Gasteiger partial charge is 0.507 e. The van der Waals surface area contributed by atoms with Crippen molar-refractivity contribution in [3.8, 4) is 5.75 Å². The topological polar surface area (TPSA) is 123 Å². The van der Waals surface area contributed by atoms with Crippen molar-refractivity contribution in [2.24, 2.45) is 0 Å². The molecule has 1 atom stereocenters. The van der Waals surface area contributed by atoms with Gasteiger partial charge in [0.25, 0.3) is 11.5 Å². The molecule has 0 radical (unpaired) electrons. The average Bonchev–Trinajstić information content (AvgIpc) is 3.42. The number of anilines is 1. The summed E-state index contributed by atoms with van der Waals surface area (Å²) in [5.74, 6) is -1.63. The smallest absolute Gasteiger partial charge is 0.301 e. The molecule has 1 amide bonds. The Balaban J connectivity index is 1.71. The van der Waals surface area contributed by atoms with Gasteiger partial charge in [-0.25, -0.2) is 4.98 Å². The first kappa shape index (κ1) is 24.4. The molecule has 1 N–H and O–H groups in total. The second-order valence-corrected chi connectivity index (χ2v) is 9.53. The van der Waals surface area contributed by atoms with Gasteiger partial charge in [0.05, 0.1) is 33.4 Å². The third kappa shape index (κ3) is 4.41. The highest BCUT2D eigenvalue weighted by atomic mass is 35.5. The number of rotatable bonds is 6. The highest BCUT2D eigenvalue weighted by Crippen LogP contribution is 2.45. The van der Waals surface area contributed by atoms with Gasteiger partial charge in [0.1, 0.15) is 11.5 Å². The second kappa shape index (κ2) is 9.64. The molecule has 186 valence electrons. The average molecular weight is 536 g/mol. The molecule has 1 aliphatic heterocycles. The first-order valence-electron chi connectivity index (χ1n) is 11.1. The zero-order valence-electron chi connectivity index (χ0n) is 19.3. The number of non-ortho nitro benzene ring substituents is 1. The Morgan fingerprint density at radius 2 is 1.92 bits per heavy atom. The molecule has 1 saturated heterocycles. The molecule has 2 heterocycles. The molecule has 0 aliphatic carbocycles. The Morgan fingerprint density at radius 1 is 1.16 bits per heavy atom. The lowest BCUT2D eigenvalue weighted by molar-refractivity contribution is -0.384. The van der Waals surface area contributed by atoms with Crippen molar-refractivity contribution in [1.29, 1.82) is 0 Å². The van der Waals surface area contributed by atoms with Gasteiger partial charge in [-0.05, 0) is 55.0 Å². The summed E-state index contributed by atoms with van der Waals surface area (Å²) >= 11 is 7.13. The van der Waals surface area contributed by atoms with Crippen LogP contribution in [0.25, 0.3) is 16.0 Å². The van der Waals surface area contributed by atoms with E-state index in [9.17, 15) is 24.8 Å². The molecule has 0 saturated carbocycles. The van der Waals surface area contributed by atoms with Crippen LogP contribution in [0.2, 0.25) is 5.02 Å². The number of fused-ring (bicyclic) bond motifs is 1. The number of thiazole rings is 1. The Kier molecular flexibility index (Phi) is 6.36. The maximum Gasteiger partial charge on any atom is 0.301 e. The number of halogens is 1. The van der Waals surface area contributed by atoms with E-state index in [1.165, 1.54) is 46.6 Å². The molecule has 1 aliphatic rings. The van der Waals surface area contributed by atoms with E-state index in [2.05, 4.69) is 4.98 Å². The van der Waals surface area contributed by atoms with Crippen LogP contribution < -0.4 is 9.64 Å². The number of aliphatic hydroxyl groups is 1. The number of nitro groups is 1. The molecule has 0 unspecified atom stereocenters. The van der Waals surface area contributed by atoms with E-state index in [0.717, 1.165) is 4.70 Å². The van der Waals surface area contributed by atoms with Crippen molar-refractivity contribution in [2.45, 2.75) is 13.0 Å². The van der Waals surface area contributed by atoms with Crippen molar-refractivity contribution in [3.05, 3.63) is 98.6 Å². The minimum Gasteiger partial charge on any atom is -0.507 e. The quantitative estimate of drug-likeness (QED) is 0.107. The van der Waals surface area contributed by atoms with Crippen LogP contribution in [0.1, 0.15) is 24.1 Å². The summed E-state index contributed by atoms with van der Waals surface area (Å²) in [6.45, 7) is 2.34. The summed E-state index contributed by atoms with van der Waals surface area (Å²) in [5, 5.41) is 23.3. The van der Waals surface area contributed by atoms with E-state index in [1.54, 1.807) is 36.4 Å². The maximum absolute atomic E-state index is 13.4. The molecular formula is C26H18ClN3O6S. The molecular weight excluding hydrogens is 518 g/mol. The number of ether oxygens (including phenoxy) is 1. The van der Waals surface area contributed by atoms with Crippen LogP contribution in [0, 0.1) is 10.1 Å². The number of hydrogen-bond acceptors (Lipinski definition) is 8. The number of hydrogen-bond donors (Lipinski definition) is 1. The van der Waals surface area contributed by atoms with Gasteiger partial charge in [0.15, 0.2) is 5.13 Å². The molecule has 1 fully saturated rings. The minimum atomic E-state index is -1.15. The van der Waals surface area contributed by atoms with Crippen LogP contribution in [0.3, 0.4) is 0 Å². The van der Waals surface area contributed by atoms with E-state index in [0.29, 0.717) is 22.9 Å². The number of nitro benzene ring substituents is 1. The van der Waals surface area contributed by atoms with Crippen LogP contribution in [-0.2, 0) is 9.59 Å². The standard InChI is InChI=1S/C26H18ClN3O6S/c1-2-36-18-10-11-19-20(13-18)37-26(28-19)29-22(15-4-3-5-17(12-15)30(34)35)21(24(32)25(29)33)23(31)14-6-8-16(27)9-7-14/h3-13,22,31H,2H2,1H3/t22-/m1/s1. The Labute approximate surface area is 219 Å². The molecule has 4 aromatic rings. The van der Waals surface area contributed by atoms with Crippen molar-refractivity contribution in [1.82, 2.24) is 4.98 Å². The van der Waals surface area contributed by atoms with E-state index in [4.69, 9.17) is 16.3 Å². The Hall–Kier alpha value is -4.28. The number of carbonyl (C=O) groups excluding carboxylic acids is 2. The number of carbonyl (C=O) groups is 2. The lowest BCUT2D eigenvalue weighted by Crippen LogP contribution is -2.29. The first-order chi connectivity index (χ1) is 17.8. The molecule has 3 aromatic carbocycles. The molecule has 5 rings (SSSR count). The molecule has 0 bridgehead atoms. The SMILES string of the molecule is CCOc1ccc2nc(N3C(=O)C(=O)C(=C(O)c4ccc(Cl)cc4)[C@H]3c3cccc([N+](=O)[O-])c3)sc2c1. The highest BCUT2D eigenvalue weighted by Gasteiger charge is 2.48. The van der Waals surface area contributed by atoms with Gasteiger partial charge in [-0.15, -0.1) is 0 Å². The first-order valence-corrected chi connectivity index (χ1v) is 12.3. The van der Waals surface area contributed by atoms with Gasteiger partial charge in [-0.2, -0.15) is 0 Å². The van der Waals surface area contributed by atoms with E-state index in [-0.39, 0.29) is 27.5 Å². The zero-order chi connectivity index (χ0) is 26.3. The predicted molar refractivity (Wildman–Crippen MR) is 140 cm³/mol. The van der Waals surface area contributed by atoms with Gasteiger partial charge in [-0.1, -0.05) is 35.1 Å². The molecule has 1 aromatic heterocycles. The summed E-state index contributed by atoms with van der Waals surface area (Å²) in [7, 11) is 0. The number of Topliss-reactive ketones (excluding diaryl/α,β-unsaturated/α-hetero) is 1. The van der Waals surface area contributed by atoms with E-state index < -0.39 is 28.4 Å². The molecule has 37 heavy (non-hydrogen) atoms. The summed E-state index contributed by atoms with van der Waals surface area (Å²) in [5.41, 5.74) is 0.699. The van der Waals surface area contributed by atoms with Crippen LogP contribution >= 0.6 is 22.9 Å². The van der Waals surface area contributed by atoms with Crippen LogP contribution in [0.4, 0.5) is 10.8 Å². The van der Waals surface area contributed by atoms with Crippen molar-refractivity contribution < 1.29 is 24.4 Å². The predicted octanol–water partition coefficient (Wildman–Crippen LogP) is 5.88. The number of aliphatic hydroxyl groups excluding tert-OH is 1. The lowest BCUT2D eigenvalue weighted by Gasteiger charge is -2.22. The lowest BCUT2D eigenvalue weighted by atomic mass is 9.95. The van der Waals surface area contributed by atoms with Gasteiger partial charge in [0.2, 0.25) is 0 Å².